The third kappa shape index (κ3) is 10.3. The van der Waals surface area contributed by atoms with E-state index in [0.717, 1.165) is 0 Å². The van der Waals surface area contributed by atoms with Gasteiger partial charge in [-0.2, -0.15) is 0 Å². The van der Waals surface area contributed by atoms with Crippen molar-refractivity contribution in [3.8, 4) is 0 Å². The first kappa shape index (κ1) is 21.6. The predicted octanol–water partition coefficient (Wildman–Crippen LogP) is -3.43. The van der Waals surface area contributed by atoms with Crippen LogP contribution in [0.2, 0.25) is 0 Å². The topological polar surface area (TPSA) is 221 Å². The van der Waals surface area contributed by atoms with Gasteiger partial charge in [-0.1, -0.05) is 0 Å². The number of nitrogens with one attached hydrogen (secondary N) is 2. The number of hydrogen-bond donors (Lipinski definition) is 8. The zero-order valence-corrected chi connectivity index (χ0v) is 12.9. The van der Waals surface area contributed by atoms with Gasteiger partial charge in [0.15, 0.2) is 5.96 Å². The Balaban J connectivity index is 4.30. The van der Waals surface area contributed by atoms with Crippen LogP contribution in [0, 0.1) is 0 Å². The number of aliphatic hydroxyl groups excluding tert-OH is 1. The fourth-order valence-electron chi connectivity index (χ4n) is 1.74. The Bertz CT molecular complexity index is 467. The van der Waals surface area contributed by atoms with Crippen molar-refractivity contribution >= 4 is 23.9 Å². The van der Waals surface area contributed by atoms with Gasteiger partial charge in [0.2, 0.25) is 0 Å². The minimum Gasteiger partial charge on any atom is -0.481 e. The van der Waals surface area contributed by atoms with Crippen LogP contribution >= 0.6 is 0 Å². The Morgan fingerprint density at radius 2 is 1.46 bits per heavy atom. The van der Waals surface area contributed by atoms with Gasteiger partial charge >= 0.3 is 17.9 Å². The van der Waals surface area contributed by atoms with Crippen molar-refractivity contribution in [1.82, 2.24) is 10.6 Å². The number of aliphatic carboxylic acids is 3. The number of nitrogens with two attached hydrogens (primary N) is 2. The maximum absolute atomic E-state index is 11.1. The fourth-order valence-corrected chi connectivity index (χ4v) is 1.74. The molecule has 0 amide bonds. The second kappa shape index (κ2) is 11.2. The molecule has 0 heterocycles. The standard InChI is InChI=1S/C12H23N5O7/c13-12(14)17-5-6(18)3-7(10(21)22)15-1-2-16-8(11(23)24)4-9(19)20/h6-8,15-16,18H,1-5H2,(H,19,20)(H,21,22)(H,23,24)(H4,13,14,17)/t6?,7?,8-/m0/s1. The molecule has 0 aromatic carbocycles. The van der Waals surface area contributed by atoms with Crippen molar-refractivity contribution in [2.75, 3.05) is 19.6 Å². The first-order valence-electron chi connectivity index (χ1n) is 7.01. The van der Waals surface area contributed by atoms with Crippen LogP contribution in [0.1, 0.15) is 12.8 Å². The molecule has 24 heavy (non-hydrogen) atoms. The number of rotatable bonds is 13. The lowest BCUT2D eigenvalue weighted by atomic mass is 10.1. The molecule has 0 bridgehead atoms. The normalized spacial score (nSPS) is 14.4. The number of carboxylic acids is 3. The van der Waals surface area contributed by atoms with Crippen LogP contribution in [-0.4, -0.2) is 82.1 Å². The summed E-state index contributed by atoms with van der Waals surface area (Å²) in [6, 6.07) is -2.38. The molecule has 12 heteroatoms. The number of carboxylic acid groups (broad SMARTS) is 3. The quantitative estimate of drug-likeness (QED) is 0.0928. The molecule has 0 saturated heterocycles. The minimum atomic E-state index is -1.32. The molecule has 0 saturated carbocycles. The molecule has 0 aromatic heterocycles. The molecule has 138 valence electrons. The molecular weight excluding hydrogens is 326 g/mol. The number of aliphatic imine (C=N–C) groups is 1. The van der Waals surface area contributed by atoms with Crippen molar-refractivity contribution in [3.63, 3.8) is 0 Å². The molecule has 0 aliphatic heterocycles. The smallest absolute Gasteiger partial charge is 0.321 e. The molecule has 12 nitrogen and oxygen atoms in total. The maximum atomic E-state index is 11.1. The zero-order chi connectivity index (χ0) is 18.7. The summed E-state index contributed by atoms with van der Waals surface area (Å²) in [4.78, 5) is 36.0. The van der Waals surface area contributed by atoms with Crippen molar-refractivity contribution in [1.29, 1.82) is 0 Å². The molecule has 0 rings (SSSR count). The summed E-state index contributed by atoms with van der Waals surface area (Å²) in [6.07, 6.45) is -1.84. The van der Waals surface area contributed by atoms with Crippen molar-refractivity contribution < 1.29 is 34.8 Å². The highest BCUT2D eigenvalue weighted by molar-refractivity contribution is 5.80. The Kier molecular flexibility index (Phi) is 10.0. The molecule has 0 aliphatic rings. The summed E-state index contributed by atoms with van der Waals surface area (Å²) < 4.78 is 0. The van der Waals surface area contributed by atoms with Crippen molar-refractivity contribution in [2.45, 2.75) is 31.0 Å². The number of carbonyl (C=O) groups is 3. The summed E-state index contributed by atoms with van der Waals surface area (Å²) in [5.74, 6) is -4.02. The van der Waals surface area contributed by atoms with Crippen LogP contribution in [0.15, 0.2) is 4.99 Å². The van der Waals surface area contributed by atoms with E-state index in [2.05, 4.69) is 15.6 Å². The molecule has 0 fully saturated rings. The highest BCUT2D eigenvalue weighted by Gasteiger charge is 2.22. The molecular formula is C12H23N5O7. The van der Waals surface area contributed by atoms with E-state index in [-0.39, 0.29) is 32.0 Å². The highest BCUT2D eigenvalue weighted by atomic mass is 16.4. The summed E-state index contributed by atoms with van der Waals surface area (Å²) >= 11 is 0. The Morgan fingerprint density at radius 1 is 0.958 bits per heavy atom. The average molecular weight is 349 g/mol. The van der Waals surface area contributed by atoms with Crippen molar-refractivity contribution in [3.05, 3.63) is 0 Å². The minimum absolute atomic E-state index is 0.0258. The van der Waals surface area contributed by atoms with E-state index in [1.807, 2.05) is 0 Å². The summed E-state index contributed by atoms with van der Waals surface area (Å²) in [6.45, 7) is -0.0703. The van der Waals surface area contributed by atoms with E-state index in [1.54, 1.807) is 0 Å². The van der Waals surface area contributed by atoms with E-state index in [1.165, 1.54) is 0 Å². The monoisotopic (exact) mass is 349 g/mol. The Labute approximate surface area is 137 Å². The van der Waals surface area contributed by atoms with Gasteiger partial charge in [-0.25, -0.2) is 0 Å². The van der Waals surface area contributed by atoms with Crippen molar-refractivity contribution in [2.24, 2.45) is 16.5 Å². The van der Waals surface area contributed by atoms with Gasteiger partial charge in [0, 0.05) is 19.5 Å². The second-order valence-electron chi connectivity index (χ2n) is 4.94. The van der Waals surface area contributed by atoms with Crippen LogP contribution < -0.4 is 22.1 Å². The van der Waals surface area contributed by atoms with Crippen LogP contribution in [-0.2, 0) is 14.4 Å². The number of guanidine groups is 1. The maximum Gasteiger partial charge on any atom is 0.321 e. The first-order chi connectivity index (χ1) is 11.1. The molecule has 0 aliphatic carbocycles. The first-order valence-corrected chi connectivity index (χ1v) is 7.01. The number of hydrogen-bond acceptors (Lipinski definition) is 7. The van der Waals surface area contributed by atoms with Crippen LogP contribution in [0.3, 0.4) is 0 Å². The molecule has 3 atom stereocenters. The van der Waals surface area contributed by atoms with Gasteiger partial charge < -0.3 is 42.5 Å². The Morgan fingerprint density at radius 3 is 1.88 bits per heavy atom. The molecule has 0 aromatic rings. The Hall–Kier alpha value is -2.44. The van der Waals surface area contributed by atoms with Crippen LogP contribution in [0.4, 0.5) is 0 Å². The second-order valence-corrected chi connectivity index (χ2v) is 4.94. The SMILES string of the molecule is NC(N)=NCC(O)CC(NCCN[C@@H](CC(=O)O)C(=O)O)C(=O)O. The van der Waals surface area contributed by atoms with E-state index in [9.17, 15) is 19.5 Å². The zero-order valence-electron chi connectivity index (χ0n) is 12.9. The van der Waals surface area contributed by atoms with Crippen LogP contribution in [0.5, 0.6) is 0 Å². The van der Waals surface area contributed by atoms with Crippen LogP contribution in [0.25, 0.3) is 0 Å². The van der Waals surface area contributed by atoms with Gasteiger partial charge in [-0.3, -0.25) is 19.4 Å². The fraction of sp³-hybridized carbons (Fsp3) is 0.667. The highest BCUT2D eigenvalue weighted by Crippen LogP contribution is 2.00. The largest absolute Gasteiger partial charge is 0.481 e. The lowest BCUT2D eigenvalue weighted by Crippen LogP contribution is -2.46. The lowest BCUT2D eigenvalue weighted by Gasteiger charge is -2.18. The molecule has 10 N–H and O–H groups in total. The molecule has 2 unspecified atom stereocenters. The summed E-state index contributed by atoms with van der Waals surface area (Å²) in [5, 5.41) is 41.2. The molecule has 0 radical (unpaired) electrons. The van der Waals surface area contributed by atoms with Gasteiger partial charge in [-0.05, 0) is 0 Å². The summed E-state index contributed by atoms with van der Waals surface area (Å²) in [7, 11) is 0. The lowest BCUT2D eigenvalue weighted by molar-refractivity contribution is -0.145. The number of aliphatic hydroxyl groups is 1. The van der Waals surface area contributed by atoms with Gasteiger partial charge in [0.1, 0.15) is 12.1 Å². The third-order valence-corrected chi connectivity index (χ3v) is 2.87. The van der Waals surface area contributed by atoms with Gasteiger partial charge in [-0.15, -0.1) is 0 Å². The predicted molar refractivity (Wildman–Crippen MR) is 82.4 cm³/mol. The number of nitrogens with zero attached hydrogens (tertiary/aromatic N) is 1. The van der Waals surface area contributed by atoms with Gasteiger partial charge in [0.25, 0.3) is 0 Å². The average Bonchev–Trinajstić information content (AvgIpc) is 2.45. The molecule has 0 spiro atoms. The van der Waals surface area contributed by atoms with E-state index in [4.69, 9.17) is 26.8 Å². The van der Waals surface area contributed by atoms with E-state index < -0.39 is 42.5 Å². The third-order valence-electron chi connectivity index (χ3n) is 2.87. The van der Waals surface area contributed by atoms with E-state index >= 15 is 0 Å². The summed E-state index contributed by atoms with van der Waals surface area (Å²) in [5.41, 5.74) is 10.2. The van der Waals surface area contributed by atoms with Gasteiger partial charge in [0.05, 0.1) is 19.1 Å². The van der Waals surface area contributed by atoms with E-state index in [0.29, 0.717) is 0 Å².